The Labute approximate surface area is 135 Å². The predicted octanol–water partition coefficient (Wildman–Crippen LogP) is 5.72. The smallest absolute Gasteiger partial charge is 0.119 e. The number of halogens is 1. The van der Waals surface area contributed by atoms with E-state index in [4.69, 9.17) is 4.74 Å². The normalized spacial score (nSPS) is 12.0. The molecule has 0 aromatic heterocycles. The molecule has 0 fully saturated rings. The summed E-state index contributed by atoms with van der Waals surface area (Å²) in [6, 6.07) is 14.9. The highest BCUT2D eigenvalue weighted by Crippen LogP contribution is 2.25. The van der Waals surface area contributed by atoms with Crippen molar-refractivity contribution < 1.29 is 4.74 Å². The average molecular weight is 348 g/mol. The van der Waals surface area contributed by atoms with Crippen LogP contribution in [-0.4, -0.2) is 6.61 Å². The van der Waals surface area contributed by atoms with Crippen LogP contribution in [0.1, 0.15) is 37.4 Å². The maximum absolute atomic E-state index is 5.61. The first kappa shape index (κ1) is 15.9. The van der Waals surface area contributed by atoms with Crippen LogP contribution >= 0.6 is 15.9 Å². The van der Waals surface area contributed by atoms with Crippen molar-refractivity contribution in [1.29, 1.82) is 0 Å². The number of nitrogens with one attached hydrogen (secondary N) is 1. The molecule has 0 saturated carbocycles. The number of aryl methyl sites for hydroxylation is 1. The van der Waals surface area contributed by atoms with Gasteiger partial charge in [-0.05, 0) is 61.7 Å². The van der Waals surface area contributed by atoms with E-state index in [1.165, 1.54) is 11.1 Å². The second kappa shape index (κ2) is 7.51. The van der Waals surface area contributed by atoms with E-state index in [0.717, 1.165) is 28.9 Å². The summed E-state index contributed by atoms with van der Waals surface area (Å²) in [4.78, 5) is 0. The molecule has 1 unspecified atom stereocenters. The maximum Gasteiger partial charge on any atom is 0.119 e. The fourth-order valence-electron chi connectivity index (χ4n) is 2.23. The molecule has 2 nitrogen and oxygen atoms in total. The highest BCUT2D eigenvalue weighted by atomic mass is 79.9. The van der Waals surface area contributed by atoms with Crippen LogP contribution in [0.25, 0.3) is 0 Å². The zero-order valence-electron chi connectivity index (χ0n) is 12.8. The first-order valence-electron chi connectivity index (χ1n) is 7.35. The maximum atomic E-state index is 5.61. The summed E-state index contributed by atoms with van der Waals surface area (Å²) in [5.41, 5.74) is 3.61. The lowest BCUT2D eigenvalue weighted by Crippen LogP contribution is -2.06. The molecule has 0 saturated heterocycles. The van der Waals surface area contributed by atoms with Crippen molar-refractivity contribution in [2.24, 2.45) is 0 Å². The summed E-state index contributed by atoms with van der Waals surface area (Å²) in [5.74, 6) is 0.936. The van der Waals surface area contributed by atoms with Crippen LogP contribution < -0.4 is 10.1 Å². The largest absolute Gasteiger partial charge is 0.494 e. The minimum absolute atomic E-state index is 0.249. The zero-order chi connectivity index (χ0) is 15.2. The summed E-state index contributed by atoms with van der Waals surface area (Å²) in [6.45, 7) is 7.14. The monoisotopic (exact) mass is 347 g/mol. The Morgan fingerprint density at radius 3 is 2.48 bits per heavy atom. The van der Waals surface area contributed by atoms with Crippen LogP contribution in [0.15, 0.2) is 46.9 Å². The topological polar surface area (TPSA) is 21.3 Å². The van der Waals surface area contributed by atoms with Gasteiger partial charge in [-0.2, -0.15) is 0 Å². The number of rotatable bonds is 6. The van der Waals surface area contributed by atoms with Crippen LogP contribution in [0.5, 0.6) is 5.75 Å². The van der Waals surface area contributed by atoms with Gasteiger partial charge in [0, 0.05) is 16.2 Å². The van der Waals surface area contributed by atoms with E-state index in [1.807, 2.05) is 12.1 Å². The molecule has 1 atom stereocenters. The van der Waals surface area contributed by atoms with Gasteiger partial charge in [-0.25, -0.2) is 0 Å². The zero-order valence-corrected chi connectivity index (χ0v) is 14.4. The quantitative estimate of drug-likeness (QED) is 0.721. The van der Waals surface area contributed by atoms with Gasteiger partial charge in [0.25, 0.3) is 0 Å². The van der Waals surface area contributed by atoms with Crippen molar-refractivity contribution in [1.82, 2.24) is 0 Å². The molecule has 2 rings (SSSR count). The van der Waals surface area contributed by atoms with Crippen molar-refractivity contribution >= 4 is 21.6 Å². The van der Waals surface area contributed by atoms with Crippen LogP contribution in [0.3, 0.4) is 0 Å². The third-order valence-corrected chi connectivity index (χ3v) is 3.74. The van der Waals surface area contributed by atoms with Crippen LogP contribution in [-0.2, 0) is 0 Å². The van der Waals surface area contributed by atoms with Crippen molar-refractivity contribution in [3.8, 4) is 5.75 Å². The van der Waals surface area contributed by atoms with Gasteiger partial charge in [-0.1, -0.05) is 35.0 Å². The molecule has 0 aliphatic rings. The van der Waals surface area contributed by atoms with Crippen LogP contribution in [0.2, 0.25) is 0 Å². The first-order valence-corrected chi connectivity index (χ1v) is 8.14. The minimum Gasteiger partial charge on any atom is -0.494 e. The molecule has 0 amide bonds. The molecule has 0 spiro atoms. The Kier molecular flexibility index (Phi) is 5.68. The standard InChI is InChI=1S/C18H22BrNO/c1-4-9-21-18-7-5-15(6-8-18)14(3)20-17-11-13(2)10-16(19)12-17/h5-8,10-12,14,20H,4,9H2,1-3H3. The number of anilines is 1. The summed E-state index contributed by atoms with van der Waals surface area (Å²) < 4.78 is 6.71. The van der Waals surface area contributed by atoms with Gasteiger partial charge in [-0.3, -0.25) is 0 Å². The third kappa shape index (κ3) is 4.78. The molecule has 0 aliphatic heterocycles. The average Bonchev–Trinajstić information content (AvgIpc) is 2.44. The van der Waals surface area contributed by atoms with E-state index < -0.39 is 0 Å². The van der Waals surface area contributed by atoms with Gasteiger partial charge in [0.1, 0.15) is 5.75 Å². The molecule has 1 N–H and O–H groups in total. The summed E-state index contributed by atoms with van der Waals surface area (Å²) in [6.07, 6.45) is 1.03. The Bertz CT molecular complexity index is 560. The molecule has 112 valence electrons. The summed E-state index contributed by atoms with van der Waals surface area (Å²) in [5, 5.41) is 3.53. The second-order valence-corrected chi connectivity index (χ2v) is 6.22. The fraction of sp³-hybridized carbons (Fsp3) is 0.333. The Morgan fingerprint density at radius 2 is 1.86 bits per heavy atom. The third-order valence-electron chi connectivity index (χ3n) is 3.28. The Hall–Kier alpha value is -1.48. The van der Waals surface area contributed by atoms with Gasteiger partial charge in [-0.15, -0.1) is 0 Å². The second-order valence-electron chi connectivity index (χ2n) is 5.30. The van der Waals surface area contributed by atoms with E-state index in [1.54, 1.807) is 0 Å². The molecular formula is C18H22BrNO. The molecule has 0 aliphatic carbocycles. The molecule has 21 heavy (non-hydrogen) atoms. The number of ether oxygens (including phenoxy) is 1. The SMILES string of the molecule is CCCOc1ccc(C(C)Nc2cc(C)cc(Br)c2)cc1. The highest BCUT2D eigenvalue weighted by Gasteiger charge is 2.06. The first-order chi connectivity index (χ1) is 10.1. The van der Waals surface area contributed by atoms with Gasteiger partial charge < -0.3 is 10.1 Å². The fourth-order valence-corrected chi connectivity index (χ4v) is 2.83. The molecule has 2 aromatic rings. The van der Waals surface area contributed by atoms with E-state index in [9.17, 15) is 0 Å². The van der Waals surface area contributed by atoms with Gasteiger partial charge >= 0.3 is 0 Å². The van der Waals surface area contributed by atoms with Crippen molar-refractivity contribution in [2.45, 2.75) is 33.2 Å². The molecule has 0 heterocycles. The van der Waals surface area contributed by atoms with Gasteiger partial charge in [0.2, 0.25) is 0 Å². The van der Waals surface area contributed by atoms with Crippen molar-refractivity contribution in [3.63, 3.8) is 0 Å². The number of hydrogen-bond donors (Lipinski definition) is 1. The summed E-state index contributed by atoms with van der Waals surface area (Å²) >= 11 is 3.54. The lowest BCUT2D eigenvalue weighted by atomic mass is 10.1. The van der Waals surface area contributed by atoms with E-state index >= 15 is 0 Å². The lowest BCUT2D eigenvalue weighted by molar-refractivity contribution is 0.317. The van der Waals surface area contributed by atoms with E-state index in [2.05, 4.69) is 72.3 Å². The Balaban J connectivity index is 2.04. The molecule has 0 bridgehead atoms. The van der Waals surface area contributed by atoms with E-state index in [-0.39, 0.29) is 6.04 Å². The highest BCUT2D eigenvalue weighted by molar-refractivity contribution is 9.10. The number of hydrogen-bond acceptors (Lipinski definition) is 2. The summed E-state index contributed by atoms with van der Waals surface area (Å²) in [7, 11) is 0. The predicted molar refractivity (Wildman–Crippen MR) is 93.1 cm³/mol. The van der Waals surface area contributed by atoms with E-state index in [0.29, 0.717) is 0 Å². The molecule has 3 heteroatoms. The van der Waals surface area contributed by atoms with Crippen molar-refractivity contribution in [3.05, 3.63) is 58.1 Å². The Morgan fingerprint density at radius 1 is 1.14 bits per heavy atom. The molecular weight excluding hydrogens is 326 g/mol. The number of benzene rings is 2. The van der Waals surface area contributed by atoms with Crippen LogP contribution in [0.4, 0.5) is 5.69 Å². The van der Waals surface area contributed by atoms with Crippen LogP contribution in [0, 0.1) is 6.92 Å². The van der Waals surface area contributed by atoms with Gasteiger partial charge in [0.15, 0.2) is 0 Å². The molecule has 0 radical (unpaired) electrons. The van der Waals surface area contributed by atoms with Gasteiger partial charge in [0.05, 0.1) is 6.61 Å². The van der Waals surface area contributed by atoms with Crippen molar-refractivity contribution in [2.75, 3.05) is 11.9 Å². The molecule has 2 aromatic carbocycles. The minimum atomic E-state index is 0.249. The lowest BCUT2D eigenvalue weighted by Gasteiger charge is -2.17.